The number of hydrogen-bond donors (Lipinski definition) is 1. The molecule has 0 aromatic carbocycles. The highest BCUT2D eigenvalue weighted by atomic mass is 79.9. The number of likely N-dealkylation sites (tertiary alicyclic amines) is 1. The molecule has 19 heavy (non-hydrogen) atoms. The summed E-state index contributed by atoms with van der Waals surface area (Å²) < 4.78 is 0.982. The maximum atomic E-state index is 12.5. The van der Waals surface area contributed by atoms with E-state index in [4.69, 9.17) is 0 Å². The second-order valence-corrected chi connectivity index (χ2v) is 7.24. The lowest BCUT2D eigenvalue weighted by molar-refractivity contribution is -0.152. The van der Waals surface area contributed by atoms with Gasteiger partial charge in [-0.15, -0.1) is 11.3 Å². The molecular weight excluding hydrogens is 330 g/mol. The van der Waals surface area contributed by atoms with E-state index in [1.165, 1.54) is 16.2 Å². The fourth-order valence-electron chi connectivity index (χ4n) is 2.38. The van der Waals surface area contributed by atoms with Gasteiger partial charge in [0.05, 0.1) is 9.70 Å². The monoisotopic (exact) mass is 345 g/mol. The summed E-state index contributed by atoms with van der Waals surface area (Å²) in [5, 5.41) is 9.22. The molecule has 0 radical (unpaired) electrons. The van der Waals surface area contributed by atoms with Crippen molar-refractivity contribution < 1.29 is 14.7 Å². The molecule has 6 heteroatoms. The Morgan fingerprint density at radius 3 is 2.79 bits per heavy atom. The number of carboxylic acid groups (broad SMARTS) is 1. The largest absolute Gasteiger partial charge is 0.480 e. The Balaban J connectivity index is 2.15. The Morgan fingerprint density at radius 2 is 2.21 bits per heavy atom. The molecule has 2 heterocycles. The Labute approximate surface area is 124 Å². The second kappa shape index (κ2) is 6.05. The zero-order valence-corrected chi connectivity index (χ0v) is 13.0. The third-order valence-corrected chi connectivity index (χ3v) is 5.27. The lowest BCUT2D eigenvalue weighted by Crippen LogP contribution is -2.49. The number of aliphatic carboxylic acids is 1. The predicted molar refractivity (Wildman–Crippen MR) is 77.4 cm³/mol. The molecule has 1 aliphatic heterocycles. The van der Waals surface area contributed by atoms with E-state index in [1.54, 1.807) is 0 Å². The highest BCUT2D eigenvalue weighted by Crippen LogP contribution is 2.31. The quantitative estimate of drug-likeness (QED) is 0.915. The summed E-state index contributed by atoms with van der Waals surface area (Å²) in [5.41, 5.74) is 0. The standard InChI is InChI=1S/C13H16BrNO3S/c1-8(10-5-6-11(14)19-10)12(16)15-7-3-2-4-9(15)13(17)18/h5-6,8-9H,2-4,7H2,1H3,(H,17,18). The van der Waals surface area contributed by atoms with E-state index in [-0.39, 0.29) is 11.8 Å². The van der Waals surface area contributed by atoms with Gasteiger partial charge in [-0.3, -0.25) is 4.79 Å². The summed E-state index contributed by atoms with van der Waals surface area (Å²) in [7, 11) is 0. The molecule has 0 aliphatic carbocycles. The molecule has 1 fully saturated rings. The van der Waals surface area contributed by atoms with Gasteiger partial charge in [-0.05, 0) is 54.2 Å². The number of carbonyl (C=O) groups excluding carboxylic acids is 1. The van der Waals surface area contributed by atoms with Crippen LogP contribution in [0.2, 0.25) is 0 Å². The topological polar surface area (TPSA) is 57.6 Å². The van der Waals surface area contributed by atoms with Crippen LogP contribution >= 0.6 is 27.3 Å². The SMILES string of the molecule is CC(C(=O)N1CCCCC1C(=O)O)c1ccc(Br)s1. The van der Waals surface area contributed by atoms with Crippen molar-refractivity contribution in [3.8, 4) is 0 Å². The molecular formula is C13H16BrNO3S. The van der Waals surface area contributed by atoms with Crippen LogP contribution < -0.4 is 0 Å². The fraction of sp³-hybridized carbons (Fsp3) is 0.538. The van der Waals surface area contributed by atoms with Crippen molar-refractivity contribution in [1.82, 2.24) is 4.90 Å². The van der Waals surface area contributed by atoms with Gasteiger partial charge in [0.2, 0.25) is 5.91 Å². The Bertz CT molecular complexity index is 488. The maximum absolute atomic E-state index is 12.5. The molecule has 1 aromatic heterocycles. The van der Waals surface area contributed by atoms with Gasteiger partial charge in [-0.1, -0.05) is 0 Å². The fourth-order valence-corrected chi connectivity index (χ4v) is 3.85. The Morgan fingerprint density at radius 1 is 1.47 bits per heavy atom. The van der Waals surface area contributed by atoms with Crippen LogP contribution in [0.4, 0.5) is 0 Å². The second-order valence-electron chi connectivity index (χ2n) is 4.75. The van der Waals surface area contributed by atoms with Crippen molar-refractivity contribution in [3.05, 3.63) is 20.8 Å². The number of carbonyl (C=O) groups is 2. The van der Waals surface area contributed by atoms with Crippen molar-refractivity contribution in [2.24, 2.45) is 0 Å². The minimum atomic E-state index is -0.896. The molecule has 2 unspecified atom stereocenters. The molecule has 0 spiro atoms. The first-order chi connectivity index (χ1) is 9.00. The van der Waals surface area contributed by atoms with E-state index in [9.17, 15) is 14.7 Å². The third-order valence-electron chi connectivity index (χ3n) is 3.46. The van der Waals surface area contributed by atoms with E-state index in [1.807, 2.05) is 19.1 Å². The first-order valence-electron chi connectivity index (χ1n) is 6.29. The first-order valence-corrected chi connectivity index (χ1v) is 7.90. The van der Waals surface area contributed by atoms with Crippen molar-refractivity contribution in [2.75, 3.05) is 6.54 Å². The van der Waals surface area contributed by atoms with Gasteiger partial charge >= 0.3 is 5.97 Å². The molecule has 1 saturated heterocycles. The number of hydrogen-bond acceptors (Lipinski definition) is 3. The molecule has 1 aliphatic rings. The number of thiophene rings is 1. The lowest BCUT2D eigenvalue weighted by atomic mass is 9.99. The smallest absolute Gasteiger partial charge is 0.326 e. The summed E-state index contributed by atoms with van der Waals surface area (Å²) >= 11 is 4.90. The van der Waals surface area contributed by atoms with Crippen LogP contribution in [0.5, 0.6) is 0 Å². The van der Waals surface area contributed by atoms with Gasteiger partial charge in [-0.25, -0.2) is 4.79 Å². The first kappa shape index (κ1) is 14.5. The average molecular weight is 346 g/mol. The van der Waals surface area contributed by atoms with Crippen LogP contribution in [0.15, 0.2) is 15.9 Å². The Hall–Kier alpha value is -0.880. The zero-order valence-electron chi connectivity index (χ0n) is 10.6. The molecule has 2 atom stereocenters. The van der Waals surface area contributed by atoms with E-state index in [2.05, 4.69) is 15.9 Å². The third kappa shape index (κ3) is 3.17. The number of piperidine rings is 1. The van der Waals surface area contributed by atoms with Crippen LogP contribution in [-0.2, 0) is 9.59 Å². The van der Waals surface area contributed by atoms with E-state index < -0.39 is 12.0 Å². The summed E-state index contributed by atoms with van der Waals surface area (Å²) in [6, 6.07) is 3.17. The van der Waals surface area contributed by atoms with Gasteiger partial charge in [0, 0.05) is 11.4 Å². The zero-order chi connectivity index (χ0) is 14.0. The summed E-state index contributed by atoms with van der Waals surface area (Å²) in [5.74, 6) is -1.26. The van der Waals surface area contributed by atoms with Gasteiger partial charge in [-0.2, -0.15) is 0 Å². The van der Waals surface area contributed by atoms with E-state index in [0.717, 1.165) is 21.5 Å². The van der Waals surface area contributed by atoms with Crippen molar-refractivity contribution in [3.63, 3.8) is 0 Å². The molecule has 4 nitrogen and oxygen atoms in total. The number of carboxylic acids is 1. The van der Waals surface area contributed by atoms with Crippen molar-refractivity contribution >= 4 is 39.1 Å². The minimum absolute atomic E-state index is 0.0820. The summed E-state index contributed by atoms with van der Waals surface area (Å²) in [4.78, 5) is 26.2. The number of halogens is 1. The number of nitrogens with zero attached hydrogens (tertiary/aromatic N) is 1. The normalized spacial score (nSPS) is 21.2. The van der Waals surface area contributed by atoms with E-state index in [0.29, 0.717) is 13.0 Å². The predicted octanol–water partition coefficient (Wildman–Crippen LogP) is 3.08. The van der Waals surface area contributed by atoms with Gasteiger partial charge < -0.3 is 10.0 Å². The van der Waals surface area contributed by atoms with Crippen molar-refractivity contribution in [2.45, 2.75) is 38.1 Å². The number of rotatable bonds is 3. The molecule has 2 rings (SSSR count). The van der Waals surface area contributed by atoms with Gasteiger partial charge in [0.1, 0.15) is 6.04 Å². The molecule has 0 bridgehead atoms. The lowest BCUT2D eigenvalue weighted by Gasteiger charge is -2.34. The van der Waals surface area contributed by atoms with Gasteiger partial charge in [0.25, 0.3) is 0 Å². The number of amides is 1. The van der Waals surface area contributed by atoms with Crippen LogP contribution in [0.25, 0.3) is 0 Å². The molecule has 1 aromatic rings. The molecule has 1 N–H and O–H groups in total. The molecule has 0 saturated carbocycles. The average Bonchev–Trinajstić information content (AvgIpc) is 2.83. The van der Waals surface area contributed by atoms with Crippen LogP contribution in [0, 0.1) is 0 Å². The summed E-state index contributed by atoms with van der Waals surface area (Å²) in [6.07, 6.45) is 2.32. The minimum Gasteiger partial charge on any atom is -0.480 e. The van der Waals surface area contributed by atoms with Crippen LogP contribution in [0.3, 0.4) is 0 Å². The maximum Gasteiger partial charge on any atom is 0.326 e. The summed E-state index contributed by atoms with van der Waals surface area (Å²) in [6.45, 7) is 2.39. The molecule has 104 valence electrons. The van der Waals surface area contributed by atoms with Crippen molar-refractivity contribution in [1.29, 1.82) is 0 Å². The Kier molecular flexibility index (Phi) is 4.62. The van der Waals surface area contributed by atoms with Gasteiger partial charge in [0.15, 0.2) is 0 Å². The highest BCUT2D eigenvalue weighted by Gasteiger charge is 2.34. The van der Waals surface area contributed by atoms with Crippen LogP contribution in [0.1, 0.15) is 37.0 Å². The molecule has 1 amide bonds. The highest BCUT2D eigenvalue weighted by molar-refractivity contribution is 9.11. The van der Waals surface area contributed by atoms with E-state index >= 15 is 0 Å². The van der Waals surface area contributed by atoms with Crippen LogP contribution in [-0.4, -0.2) is 34.5 Å².